The molecule has 3 aromatic rings. The van der Waals surface area contributed by atoms with Gasteiger partial charge < -0.3 is 19.5 Å². The maximum atomic E-state index is 12.5. The number of hydrogen-bond acceptors (Lipinski definition) is 6. The number of hydrogen-bond donors (Lipinski definition) is 2. The van der Waals surface area contributed by atoms with Gasteiger partial charge in [0.05, 0.1) is 17.7 Å². The first-order valence-corrected chi connectivity index (χ1v) is 12.9. The van der Waals surface area contributed by atoms with E-state index in [0.29, 0.717) is 24.4 Å². The molecule has 0 radical (unpaired) electrons. The number of benzene rings is 2. The molecule has 1 aliphatic heterocycles. The Balaban J connectivity index is 1.20. The summed E-state index contributed by atoms with van der Waals surface area (Å²) in [5.74, 6) is 0.137. The fraction of sp³-hybridized carbons (Fsp3) is 0.280. The predicted molar refractivity (Wildman–Crippen MR) is 131 cm³/mol. The van der Waals surface area contributed by atoms with Crippen LogP contribution in [0, 0.1) is 0 Å². The van der Waals surface area contributed by atoms with E-state index in [0.717, 1.165) is 18.8 Å². The predicted octanol–water partition coefficient (Wildman–Crippen LogP) is 2.23. The highest BCUT2D eigenvalue weighted by atomic mass is 32.2. The van der Waals surface area contributed by atoms with Crippen LogP contribution in [0.25, 0.3) is 0 Å². The normalized spacial score (nSPS) is 14.1. The zero-order valence-corrected chi connectivity index (χ0v) is 20.0. The zero-order valence-electron chi connectivity index (χ0n) is 19.2. The van der Waals surface area contributed by atoms with Crippen LogP contribution in [-0.2, 0) is 21.4 Å². The Morgan fingerprint density at radius 1 is 0.886 bits per heavy atom. The van der Waals surface area contributed by atoms with Crippen LogP contribution in [0.15, 0.2) is 82.3 Å². The second-order valence-corrected chi connectivity index (χ2v) is 9.90. The third-order valence-corrected chi connectivity index (χ3v) is 7.24. The molecule has 0 atom stereocenters. The lowest BCUT2D eigenvalue weighted by molar-refractivity contribution is -0.131. The number of nitrogens with zero attached hydrogens (tertiary/aromatic N) is 2. The Labute approximate surface area is 204 Å². The van der Waals surface area contributed by atoms with Gasteiger partial charge in [-0.05, 0) is 48.5 Å². The highest BCUT2D eigenvalue weighted by Gasteiger charge is 2.21. The van der Waals surface area contributed by atoms with Crippen LogP contribution < -0.4 is 14.9 Å². The molecule has 2 N–H and O–H groups in total. The van der Waals surface area contributed by atoms with Crippen LogP contribution in [0.2, 0.25) is 0 Å². The Kier molecular flexibility index (Phi) is 7.84. The molecule has 2 aromatic carbocycles. The van der Waals surface area contributed by atoms with Crippen LogP contribution in [-0.4, -0.2) is 57.9 Å². The molecule has 184 valence electrons. The van der Waals surface area contributed by atoms with E-state index in [1.165, 1.54) is 30.5 Å². The van der Waals surface area contributed by atoms with E-state index in [-0.39, 0.29) is 36.2 Å². The Morgan fingerprint density at radius 2 is 1.60 bits per heavy atom. The van der Waals surface area contributed by atoms with Crippen molar-refractivity contribution in [2.45, 2.75) is 17.9 Å². The van der Waals surface area contributed by atoms with Crippen molar-refractivity contribution in [3.05, 3.63) is 84.3 Å². The van der Waals surface area contributed by atoms with Gasteiger partial charge in [0.1, 0.15) is 5.76 Å². The third kappa shape index (κ3) is 6.49. The van der Waals surface area contributed by atoms with Gasteiger partial charge in [-0.15, -0.1) is 0 Å². The maximum absolute atomic E-state index is 12.5. The number of carbonyl (C=O) groups is 2. The molecule has 1 aromatic heterocycles. The number of nitrogens with one attached hydrogen (secondary N) is 2. The summed E-state index contributed by atoms with van der Waals surface area (Å²) in [5.41, 5.74) is 1.47. The number of furan rings is 1. The van der Waals surface area contributed by atoms with E-state index in [2.05, 4.69) is 27.1 Å². The molecule has 2 amide bonds. The molecule has 35 heavy (non-hydrogen) atoms. The summed E-state index contributed by atoms with van der Waals surface area (Å²) in [7, 11) is -3.74. The minimum Gasteiger partial charge on any atom is -0.468 e. The highest BCUT2D eigenvalue weighted by Crippen LogP contribution is 2.16. The Hall–Kier alpha value is -3.63. The lowest BCUT2D eigenvalue weighted by atomic mass is 10.2. The lowest BCUT2D eigenvalue weighted by Crippen LogP contribution is -2.49. The summed E-state index contributed by atoms with van der Waals surface area (Å²) in [6, 6.07) is 19.1. The molecule has 0 saturated carbocycles. The molecule has 10 heteroatoms. The van der Waals surface area contributed by atoms with Gasteiger partial charge in [0, 0.05) is 50.4 Å². The van der Waals surface area contributed by atoms with Crippen LogP contribution >= 0.6 is 0 Å². The van der Waals surface area contributed by atoms with E-state index < -0.39 is 10.0 Å². The molecular weight excluding hydrogens is 468 g/mol. The van der Waals surface area contributed by atoms with E-state index >= 15 is 0 Å². The lowest BCUT2D eigenvalue weighted by Gasteiger charge is -2.36. The second kappa shape index (κ2) is 11.2. The van der Waals surface area contributed by atoms with Crippen molar-refractivity contribution in [2.75, 3.05) is 37.6 Å². The number of rotatable bonds is 9. The topological polar surface area (TPSA) is 112 Å². The fourth-order valence-electron chi connectivity index (χ4n) is 3.84. The van der Waals surface area contributed by atoms with Crippen LogP contribution in [0.3, 0.4) is 0 Å². The smallest absolute Gasteiger partial charge is 0.251 e. The number of amides is 2. The monoisotopic (exact) mass is 496 g/mol. The van der Waals surface area contributed by atoms with Crippen molar-refractivity contribution >= 4 is 27.5 Å². The van der Waals surface area contributed by atoms with Crippen molar-refractivity contribution in [3.63, 3.8) is 0 Å². The molecule has 9 nitrogen and oxygen atoms in total. The molecule has 1 fully saturated rings. The number of anilines is 1. The number of sulfonamides is 1. The molecule has 0 spiro atoms. The average Bonchev–Trinajstić information content (AvgIpc) is 3.42. The standard InChI is InChI=1S/C25H28N4O5S/c30-24(29-16-14-28(15-17-29)21-5-2-1-3-6-21)12-13-26-25(31)20-8-10-23(11-9-20)35(32,33)27-19-22-7-4-18-34-22/h1-11,18,27H,12-17,19H2,(H,26,31). The molecule has 2 heterocycles. The largest absolute Gasteiger partial charge is 0.468 e. The summed E-state index contributed by atoms with van der Waals surface area (Å²) >= 11 is 0. The minimum absolute atomic E-state index is 0.00193. The summed E-state index contributed by atoms with van der Waals surface area (Å²) < 4.78 is 32.4. The van der Waals surface area contributed by atoms with Gasteiger partial charge >= 0.3 is 0 Å². The molecule has 0 bridgehead atoms. The Bertz CT molecular complexity index is 1220. The van der Waals surface area contributed by atoms with Crippen molar-refractivity contribution in [1.82, 2.24) is 14.9 Å². The van der Waals surface area contributed by atoms with Crippen LogP contribution in [0.4, 0.5) is 5.69 Å². The average molecular weight is 497 g/mol. The molecule has 0 aliphatic carbocycles. The maximum Gasteiger partial charge on any atom is 0.251 e. The van der Waals surface area contributed by atoms with Gasteiger partial charge in [0.25, 0.3) is 5.91 Å². The molecule has 1 aliphatic rings. The first-order valence-electron chi connectivity index (χ1n) is 11.4. The van der Waals surface area contributed by atoms with E-state index in [4.69, 9.17) is 4.42 Å². The quantitative estimate of drug-likeness (QED) is 0.470. The molecular formula is C25H28N4O5S. The third-order valence-electron chi connectivity index (χ3n) is 5.82. The summed E-state index contributed by atoms with van der Waals surface area (Å²) in [5, 5.41) is 2.73. The van der Waals surface area contributed by atoms with Crippen molar-refractivity contribution in [1.29, 1.82) is 0 Å². The number of piperazine rings is 1. The zero-order chi connectivity index (χ0) is 24.7. The van der Waals surface area contributed by atoms with E-state index in [9.17, 15) is 18.0 Å². The second-order valence-electron chi connectivity index (χ2n) is 8.14. The van der Waals surface area contributed by atoms with Crippen molar-refractivity contribution in [2.24, 2.45) is 0 Å². The van der Waals surface area contributed by atoms with Gasteiger partial charge in [-0.1, -0.05) is 18.2 Å². The minimum atomic E-state index is -3.74. The van der Waals surface area contributed by atoms with Crippen molar-refractivity contribution < 1.29 is 22.4 Å². The van der Waals surface area contributed by atoms with Crippen LogP contribution in [0.5, 0.6) is 0 Å². The van der Waals surface area contributed by atoms with Gasteiger partial charge in [-0.3, -0.25) is 9.59 Å². The number of para-hydroxylation sites is 1. The summed E-state index contributed by atoms with van der Waals surface area (Å²) in [6.07, 6.45) is 1.68. The SMILES string of the molecule is O=C(NCCC(=O)N1CCN(c2ccccc2)CC1)c1ccc(S(=O)(=O)NCc2ccco2)cc1. The summed E-state index contributed by atoms with van der Waals surface area (Å²) in [6.45, 7) is 3.08. The molecule has 4 rings (SSSR count). The molecule has 1 saturated heterocycles. The fourth-order valence-corrected chi connectivity index (χ4v) is 4.84. The number of carbonyl (C=O) groups excluding carboxylic acids is 2. The first kappa shape index (κ1) is 24.5. The van der Waals surface area contributed by atoms with Crippen molar-refractivity contribution in [3.8, 4) is 0 Å². The Morgan fingerprint density at radius 3 is 2.26 bits per heavy atom. The van der Waals surface area contributed by atoms with Gasteiger partial charge in [-0.2, -0.15) is 0 Å². The van der Waals surface area contributed by atoms with Gasteiger partial charge in [0.2, 0.25) is 15.9 Å². The van der Waals surface area contributed by atoms with E-state index in [1.807, 2.05) is 23.1 Å². The van der Waals surface area contributed by atoms with Gasteiger partial charge in [0.15, 0.2) is 0 Å². The first-order chi connectivity index (χ1) is 16.9. The summed E-state index contributed by atoms with van der Waals surface area (Å²) in [4.78, 5) is 29.1. The van der Waals surface area contributed by atoms with E-state index in [1.54, 1.807) is 12.1 Å². The van der Waals surface area contributed by atoms with Crippen LogP contribution in [0.1, 0.15) is 22.5 Å². The molecule has 0 unspecified atom stereocenters. The highest BCUT2D eigenvalue weighted by molar-refractivity contribution is 7.89. The van der Waals surface area contributed by atoms with Gasteiger partial charge in [-0.25, -0.2) is 13.1 Å².